The molecule has 0 spiro atoms. The molecule has 0 atom stereocenters. The van der Waals surface area contributed by atoms with Gasteiger partial charge in [0.2, 0.25) is 6.79 Å². The summed E-state index contributed by atoms with van der Waals surface area (Å²) in [7, 11) is 0. The van der Waals surface area contributed by atoms with Crippen molar-refractivity contribution in [3.63, 3.8) is 0 Å². The molecule has 2 aromatic heterocycles. The van der Waals surface area contributed by atoms with Gasteiger partial charge in [-0.25, -0.2) is 4.98 Å². The van der Waals surface area contributed by atoms with E-state index in [0.717, 1.165) is 22.6 Å². The molecule has 5 nitrogen and oxygen atoms in total. The first-order chi connectivity index (χ1) is 11.6. The van der Waals surface area contributed by atoms with Crippen LogP contribution in [0.25, 0.3) is 11.3 Å². The maximum absolute atomic E-state index is 12.2. The molecule has 1 aliphatic rings. The highest BCUT2D eigenvalue weighted by molar-refractivity contribution is 7.20. The first-order valence-corrected chi connectivity index (χ1v) is 9.17. The van der Waals surface area contributed by atoms with E-state index in [1.807, 2.05) is 23.6 Å². The predicted octanol–water partition coefficient (Wildman–Crippen LogP) is 5.16. The van der Waals surface area contributed by atoms with Crippen molar-refractivity contribution in [3.05, 3.63) is 43.9 Å². The molecular formula is C15H8Cl2N2O3S2. The average molecular weight is 399 g/mol. The molecule has 122 valence electrons. The number of thiophene rings is 1. The summed E-state index contributed by atoms with van der Waals surface area (Å²) in [4.78, 5) is 16.7. The predicted molar refractivity (Wildman–Crippen MR) is 96.0 cm³/mol. The Kier molecular flexibility index (Phi) is 4.09. The molecule has 1 N–H and O–H groups in total. The average Bonchev–Trinajstić information content (AvgIpc) is 3.26. The number of halogens is 2. The summed E-state index contributed by atoms with van der Waals surface area (Å²) in [6, 6.07) is 7.13. The molecule has 1 amide bonds. The largest absolute Gasteiger partial charge is 0.454 e. The van der Waals surface area contributed by atoms with Gasteiger partial charge in [-0.2, -0.15) is 0 Å². The normalized spacial score (nSPS) is 12.4. The Bertz CT molecular complexity index is 939. The fourth-order valence-electron chi connectivity index (χ4n) is 2.18. The van der Waals surface area contributed by atoms with E-state index in [1.54, 1.807) is 0 Å². The molecule has 0 fully saturated rings. The number of amides is 1. The molecule has 0 bridgehead atoms. The maximum atomic E-state index is 12.2. The van der Waals surface area contributed by atoms with Crippen molar-refractivity contribution in [2.24, 2.45) is 0 Å². The van der Waals surface area contributed by atoms with E-state index in [-0.39, 0.29) is 12.7 Å². The van der Waals surface area contributed by atoms with Crippen LogP contribution in [0.15, 0.2) is 29.6 Å². The van der Waals surface area contributed by atoms with Crippen molar-refractivity contribution in [2.75, 3.05) is 12.1 Å². The molecule has 1 aliphatic heterocycles. The summed E-state index contributed by atoms with van der Waals surface area (Å²) in [6.45, 7) is 0.223. The number of nitrogens with zero attached hydrogens (tertiary/aromatic N) is 1. The van der Waals surface area contributed by atoms with E-state index in [0.29, 0.717) is 30.9 Å². The van der Waals surface area contributed by atoms with E-state index < -0.39 is 0 Å². The summed E-state index contributed by atoms with van der Waals surface area (Å²) < 4.78 is 11.5. The highest BCUT2D eigenvalue weighted by Crippen LogP contribution is 2.37. The molecule has 3 heterocycles. The van der Waals surface area contributed by atoms with Crippen molar-refractivity contribution in [1.82, 2.24) is 4.98 Å². The second kappa shape index (κ2) is 6.25. The van der Waals surface area contributed by atoms with Crippen molar-refractivity contribution in [1.29, 1.82) is 0 Å². The highest BCUT2D eigenvalue weighted by atomic mass is 35.5. The summed E-state index contributed by atoms with van der Waals surface area (Å²) >= 11 is 14.3. The lowest BCUT2D eigenvalue weighted by Gasteiger charge is -2.01. The van der Waals surface area contributed by atoms with E-state index in [1.165, 1.54) is 17.4 Å². The van der Waals surface area contributed by atoms with Crippen LogP contribution in [0, 0.1) is 0 Å². The molecular weight excluding hydrogens is 391 g/mol. The Morgan fingerprint density at radius 3 is 2.83 bits per heavy atom. The summed E-state index contributed by atoms with van der Waals surface area (Å²) in [5.74, 6) is 1.06. The molecule has 9 heteroatoms. The monoisotopic (exact) mass is 398 g/mol. The number of hydrogen-bond acceptors (Lipinski definition) is 6. The van der Waals surface area contributed by atoms with Gasteiger partial charge in [-0.1, -0.05) is 23.2 Å². The number of benzene rings is 1. The number of thiazole rings is 1. The van der Waals surface area contributed by atoms with Crippen molar-refractivity contribution in [3.8, 4) is 22.8 Å². The van der Waals surface area contributed by atoms with E-state index in [9.17, 15) is 4.79 Å². The minimum absolute atomic E-state index is 0.223. The van der Waals surface area contributed by atoms with Crippen LogP contribution < -0.4 is 14.8 Å². The zero-order valence-electron chi connectivity index (χ0n) is 11.8. The van der Waals surface area contributed by atoms with E-state index >= 15 is 0 Å². The first kappa shape index (κ1) is 15.7. The number of anilines is 1. The zero-order chi connectivity index (χ0) is 16.7. The smallest absolute Gasteiger partial charge is 0.259 e. The van der Waals surface area contributed by atoms with Crippen LogP contribution in [-0.4, -0.2) is 17.7 Å². The number of fused-ring (bicyclic) bond motifs is 1. The maximum Gasteiger partial charge on any atom is 0.259 e. The van der Waals surface area contributed by atoms with Crippen LogP contribution in [0.3, 0.4) is 0 Å². The second-order valence-electron chi connectivity index (χ2n) is 4.80. The third-order valence-electron chi connectivity index (χ3n) is 3.29. The van der Waals surface area contributed by atoms with E-state index in [2.05, 4.69) is 10.3 Å². The lowest BCUT2D eigenvalue weighted by atomic mass is 10.1. The minimum Gasteiger partial charge on any atom is -0.454 e. The van der Waals surface area contributed by atoms with Crippen molar-refractivity contribution in [2.45, 2.75) is 0 Å². The quantitative estimate of drug-likeness (QED) is 0.661. The Morgan fingerprint density at radius 1 is 1.21 bits per heavy atom. The Morgan fingerprint density at radius 2 is 2.04 bits per heavy atom. The van der Waals surface area contributed by atoms with Crippen LogP contribution in [0.2, 0.25) is 8.67 Å². The standard InChI is InChI=1S/C15H8Cl2N2O3S2/c16-12-4-8(13(17)24-12)14(20)19-15-18-9(5-23-15)7-1-2-10-11(3-7)22-6-21-10/h1-5H,6H2,(H,18,19,20). The first-order valence-electron chi connectivity index (χ1n) is 6.72. The molecule has 3 aromatic rings. The van der Waals surface area contributed by atoms with Gasteiger partial charge in [0, 0.05) is 10.9 Å². The summed E-state index contributed by atoms with van der Waals surface area (Å²) in [6.07, 6.45) is 0. The minimum atomic E-state index is -0.338. The number of aromatic nitrogens is 1. The van der Waals surface area contributed by atoms with Gasteiger partial charge in [0.05, 0.1) is 15.6 Å². The van der Waals surface area contributed by atoms with Gasteiger partial charge >= 0.3 is 0 Å². The molecule has 0 unspecified atom stereocenters. The van der Waals surface area contributed by atoms with Crippen LogP contribution in [-0.2, 0) is 0 Å². The third kappa shape index (κ3) is 2.95. The molecule has 0 aliphatic carbocycles. The van der Waals surface area contributed by atoms with Gasteiger partial charge in [-0.05, 0) is 24.3 Å². The molecule has 0 saturated heterocycles. The highest BCUT2D eigenvalue weighted by Gasteiger charge is 2.17. The fraction of sp³-hybridized carbons (Fsp3) is 0.0667. The number of rotatable bonds is 3. The van der Waals surface area contributed by atoms with Crippen molar-refractivity contribution < 1.29 is 14.3 Å². The van der Waals surface area contributed by atoms with Crippen LogP contribution in [0.4, 0.5) is 5.13 Å². The molecule has 0 saturated carbocycles. The second-order valence-corrected chi connectivity index (χ2v) is 7.94. The zero-order valence-corrected chi connectivity index (χ0v) is 15.0. The molecule has 0 radical (unpaired) electrons. The Hall–Kier alpha value is -1.80. The van der Waals surface area contributed by atoms with Gasteiger partial charge < -0.3 is 9.47 Å². The number of carbonyl (C=O) groups is 1. The van der Waals surface area contributed by atoms with Gasteiger partial charge in [0.15, 0.2) is 16.6 Å². The molecule has 1 aromatic carbocycles. The van der Waals surface area contributed by atoms with Crippen LogP contribution in [0.5, 0.6) is 11.5 Å². The van der Waals surface area contributed by atoms with Crippen molar-refractivity contribution >= 4 is 56.9 Å². The molecule has 4 rings (SSSR count). The summed E-state index contributed by atoms with van der Waals surface area (Å²) in [5.41, 5.74) is 1.96. The van der Waals surface area contributed by atoms with Gasteiger partial charge in [-0.3, -0.25) is 10.1 Å². The summed E-state index contributed by atoms with van der Waals surface area (Å²) in [5, 5.41) is 5.07. The topological polar surface area (TPSA) is 60.5 Å². The van der Waals surface area contributed by atoms with Gasteiger partial charge in [0.25, 0.3) is 5.91 Å². The van der Waals surface area contributed by atoms with E-state index in [4.69, 9.17) is 32.7 Å². The SMILES string of the molecule is O=C(Nc1nc(-c2ccc3c(c2)OCO3)cs1)c1cc(Cl)sc1Cl. The van der Waals surface area contributed by atoms with Gasteiger partial charge in [0.1, 0.15) is 4.34 Å². The third-order valence-corrected chi connectivity index (χ3v) is 5.54. The lowest BCUT2D eigenvalue weighted by Crippen LogP contribution is -2.11. The van der Waals surface area contributed by atoms with Gasteiger partial charge in [-0.15, -0.1) is 22.7 Å². The number of nitrogens with one attached hydrogen (secondary N) is 1. The number of ether oxygens (including phenoxy) is 2. The molecule has 24 heavy (non-hydrogen) atoms. The Labute approximate surface area is 154 Å². The van der Waals surface area contributed by atoms with Crippen LogP contribution in [0.1, 0.15) is 10.4 Å². The lowest BCUT2D eigenvalue weighted by molar-refractivity contribution is 0.102. The Balaban J connectivity index is 1.55. The number of hydrogen-bond donors (Lipinski definition) is 1. The number of carbonyl (C=O) groups excluding carboxylic acids is 1. The fourth-order valence-corrected chi connectivity index (χ4v) is 4.35. The van der Waals surface area contributed by atoms with Crippen LogP contribution >= 0.6 is 45.9 Å².